The molecule has 3 aliphatic heterocycles. The molecule has 3 rings (SSSR count). The SMILES string of the molecule is CCCC/C=C\CCCCCCCC(=O)NC(COC1OC(CO)C(OC2OC(CO)C(OC3OC(CO)C(O)C(O)C3O)C(O)C2O)C(O)C1O)C(O)/C=C/CC/C=C/CCCCCCCCCCCCCCCCCCCCCC. The molecule has 3 aliphatic rings. The molecule has 3 saturated heterocycles. The Labute approximate surface area is 491 Å². The maximum absolute atomic E-state index is 13.3. The molecule has 82 heavy (non-hydrogen) atoms. The van der Waals surface area contributed by atoms with Crippen LogP contribution in [0.2, 0.25) is 0 Å². The zero-order valence-electron chi connectivity index (χ0n) is 50.2. The van der Waals surface area contributed by atoms with E-state index in [4.69, 9.17) is 28.4 Å². The molecule has 0 spiro atoms. The second-order valence-electron chi connectivity index (χ2n) is 23.2. The lowest BCUT2D eigenvalue weighted by Crippen LogP contribution is -2.66. The van der Waals surface area contributed by atoms with Crippen LogP contribution in [0.1, 0.15) is 226 Å². The molecule has 12 N–H and O–H groups in total. The van der Waals surface area contributed by atoms with E-state index in [1.165, 1.54) is 135 Å². The Balaban J connectivity index is 1.45. The van der Waals surface area contributed by atoms with E-state index in [0.29, 0.717) is 12.8 Å². The van der Waals surface area contributed by atoms with E-state index in [0.717, 1.165) is 57.8 Å². The number of aliphatic hydroxyl groups excluding tert-OH is 11. The lowest BCUT2D eigenvalue weighted by Gasteiger charge is -2.48. The molecule has 0 bridgehead atoms. The average Bonchev–Trinajstić information content (AvgIpc) is 3.53. The monoisotopic (exact) mass is 1170 g/mol. The molecule has 17 unspecified atom stereocenters. The van der Waals surface area contributed by atoms with Crippen molar-refractivity contribution < 1.29 is 89.4 Å². The van der Waals surface area contributed by atoms with Gasteiger partial charge in [-0.3, -0.25) is 4.79 Å². The molecule has 480 valence electrons. The van der Waals surface area contributed by atoms with Gasteiger partial charge in [-0.2, -0.15) is 0 Å². The van der Waals surface area contributed by atoms with Crippen LogP contribution in [0, 0.1) is 0 Å². The molecule has 19 heteroatoms. The summed E-state index contributed by atoms with van der Waals surface area (Å²) in [6, 6.07) is -0.992. The second kappa shape index (κ2) is 46.2. The highest BCUT2D eigenvalue weighted by atomic mass is 16.8. The predicted octanol–water partition coefficient (Wildman–Crippen LogP) is 6.88. The number of nitrogens with one attached hydrogen (secondary N) is 1. The number of carbonyl (C=O) groups is 1. The molecule has 0 aromatic carbocycles. The number of amides is 1. The molecular formula is C63H115NO18. The van der Waals surface area contributed by atoms with Gasteiger partial charge in [0.15, 0.2) is 18.9 Å². The van der Waals surface area contributed by atoms with Crippen LogP contribution in [0.4, 0.5) is 0 Å². The van der Waals surface area contributed by atoms with E-state index < -0.39 is 124 Å². The summed E-state index contributed by atoms with van der Waals surface area (Å²) >= 11 is 0. The fourth-order valence-electron chi connectivity index (χ4n) is 10.8. The quantitative estimate of drug-likeness (QED) is 0.0218. The minimum absolute atomic E-state index is 0.225. The molecule has 19 nitrogen and oxygen atoms in total. The van der Waals surface area contributed by atoms with E-state index in [2.05, 4.69) is 43.5 Å². The number of ether oxygens (including phenoxy) is 6. The Morgan fingerprint density at radius 3 is 1.26 bits per heavy atom. The summed E-state index contributed by atoms with van der Waals surface area (Å²) < 4.78 is 34.2. The molecule has 17 atom stereocenters. The van der Waals surface area contributed by atoms with Crippen molar-refractivity contribution in [2.24, 2.45) is 0 Å². The highest BCUT2D eigenvalue weighted by Crippen LogP contribution is 2.33. The zero-order valence-corrected chi connectivity index (χ0v) is 50.2. The Kier molecular flexibility index (Phi) is 41.8. The third-order valence-corrected chi connectivity index (χ3v) is 16.2. The molecule has 0 aromatic rings. The third-order valence-electron chi connectivity index (χ3n) is 16.2. The lowest BCUT2D eigenvalue weighted by atomic mass is 9.96. The van der Waals surface area contributed by atoms with Crippen LogP contribution >= 0.6 is 0 Å². The van der Waals surface area contributed by atoms with Gasteiger partial charge in [-0.25, -0.2) is 0 Å². The second-order valence-corrected chi connectivity index (χ2v) is 23.2. The Morgan fingerprint density at radius 2 is 0.793 bits per heavy atom. The van der Waals surface area contributed by atoms with Crippen molar-refractivity contribution in [1.82, 2.24) is 5.32 Å². The number of allylic oxidation sites excluding steroid dienone is 5. The van der Waals surface area contributed by atoms with Gasteiger partial charge in [0.05, 0.1) is 38.6 Å². The van der Waals surface area contributed by atoms with Crippen molar-refractivity contribution in [1.29, 1.82) is 0 Å². The maximum atomic E-state index is 13.3. The largest absolute Gasteiger partial charge is 0.394 e. The number of hydrogen-bond acceptors (Lipinski definition) is 18. The third kappa shape index (κ3) is 29.1. The van der Waals surface area contributed by atoms with E-state index in [1.807, 2.05) is 6.08 Å². The topological polar surface area (TPSA) is 307 Å². The first kappa shape index (κ1) is 74.3. The van der Waals surface area contributed by atoms with Crippen molar-refractivity contribution in [2.75, 3.05) is 26.4 Å². The van der Waals surface area contributed by atoms with Gasteiger partial charge in [0, 0.05) is 6.42 Å². The van der Waals surface area contributed by atoms with E-state index in [-0.39, 0.29) is 18.9 Å². The van der Waals surface area contributed by atoms with Gasteiger partial charge in [0.25, 0.3) is 0 Å². The van der Waals surface area contributed by atoms with Gasteiger partial charge in [-0.05, 0) is 51.4 Å². The smallest absolute Gasteiger partial charge is 0.220 e. The summed E-state index contributed by atoms with van der Waals surface area (Å²) in [4.78, 5) is 13.3. The van der Waals surface area contributed by atoms with Crippen molar-refractivity contribution in [3.8, 4) is 0 Å². The van der Waals surface area contributed by atoms with Crippen molar-refractivity contribution in [3.05, 3.63) is 36.5 Å². The van der Waals surface area contributed by atoms with Crippen LogP contribution in [0.25, 0.3) is 0 Å². The number of aliphatic hydroxyl groups is 11. The summed E-state index contributed by atoms with van der Waals surface area (Å²) in [6.45, 7) is 1.66. The summed E-state index contributed by atoms with van der Waals surface area (Å²) in [5.41, 5.74) is 0. The Morgan fingerprint density at radius 1 is 0.427 bits per heavy atom. The lowest BCUT2D eigenvalue weighted by molar-refractivity contribution is -0.379. The minimum Gasteiger partial charge on any atom is -0.394 e. The summed E-state index contributed by atoms with van der Waals surface area (Å²) in [5, 5.41) is 120. The van der Waals surface area contributed by atoms with Crippen LogP contribution in [0.15, 0.2) is 36.5 Å². The molecule has 1 amide bonds. The first-order valence-electron chi connectivity index (χ1n) is 32.2. The van der Waals surface area contributed by atoms with Crippen LogP contribution in [0.3, 0.4) is 0 Å². The summed E-state index contributed by atoms with van der Waals surface area (Å²) in [6.07, 6.45) is 24.4. The van der Waals surface area contributed by atoms with Crippen molar-refractivity contribution in [2.45, 2.75) is 330 Å². The van der Waals surface area contributed by atoms with Gasteiger partial charge < -0.3 is 89.9 Å². The normalized spacial score (nSPS) is 29.8. The zero-order chi connectivity index (χ0) is 59.7. The van der Waals surface area contributed by atoms with Crippen molar-refractivity contribution >= 4 is 5.91 Å². The van der Waals surface area contributed by atoms with Gasteiger partial charge in [0.2, 0.25) is 5.91 Å². The minimum atomic E-state index is -1.98. The first-order chi connectivity index (χ1) is 39.8. The van der Waals surface area contributed by atoms with Crippen LogP contribution in [-0.4, -0.2) is 193 Å². The number of hydrogen-bond donors (Lipinski definition) is 12. The van der Waals surface area contributed by atoms with E-state index >= 15 is 0 Å². The molecule has 3 fully saturated rings. The predicted molar refractivity (Wildman–Crippen MR) is 314 cm³/mol. The number of unbranched alkanes of at least 4 members (excludes halogenated alkanes) is 28. The fraction of sp³-hybridized carbons (Fsp3) is 0.889. The van der Waals surface area contributed by atoms with E-state index in [1.54, 1.807) is 6.08 Å². The average molecular weight is 1170 g/mol. The number of rotatable bonds is 48. The molecule has 3 heterocycles. The first-order valence-corrected chi connectivity index (χ1v) is 32.2. The molecule has 0 aliphatic carbocycles. The highest BCUT2D eigenvalue weighted by Gasteiger charge is 2.53. The number of carbonyl (C=O) groups excluding carboxylic acids is 1. The van der Waals surface area contributed by atoms with Crippen LogP contribution in [-0.2, 0) is 33.2 Å². The summed E-state index contributed by atoms with van der Waals surface area (Å²) in [7, 11) is 0. The van der Waals surface area contributed by atoms with E-state index in [9.17, 15) is 61.0 Å². The molecule has 0 aromatic heterocycles. The standard InChI is InChI=1S/C63H115NO18/c1-3-5-7-9-11-13-15-16-17-18-19-20-21-22-23-24-25-26-27-28-29-31-32-34-36-38-40-47(68)46(64-51(69)41-39-37-35-33-30-14-12-10-8-6-4-2)45-77-61-57(75)54(72)59(49(43-66)79-61)82-63-58(76)55(73)60(50(44-67)80-63)81-62-56(74)53(71)52(70)48(42-65)78-62/h10,12,31-32,38,40,46-50,52-63,65-68,70-76H,3-9,11,13-30,33-37,39,41-45H2,1-2H3,(H,64,69)/b12-10-,32-31+,40-38+. The van der Waals surface area contributed by atoms with Gasteiger partial charge in [-0.1, -0.05) is 204 Å². The maximum Gasteiger partial charge on any atom is 0.220 e. The highest BCUT2D eigenvalue weighted by molar-refractivity contribution is 5.76. The Bertz CT molecular complexity index is 1640. The molecule has 0 radical (unpaired) electrons. The molecular weight excluding hydrogens is 1060 g/mol. The van der Waals surface area contributed by atoms with Crippen LogP contribution < -0.4 is 5.32 Å². The van der Waals surface area contributed by atoms with Gasteiger partial charge >= 0.3 is 0 Å². The molecule has 0 saturated carbocycles. The van der Waals surface area contributed by atoms with Crippen molar-refractivity contribution in [3.63, 3.8) is 0 Å². The Hall–Kier alpha value is -1.99. The fourth-order valence-corrected chi connectivity index (χ4v) is 10.8. The van der Waals surface area contributed by atoms with Gasteiger partial charge in [0.1, 0.15) is 73.2 Å². The van der Waals surface area contributed by atoms with Crippen LogP contribution in [0.5, 0.6) is 0 Å². The summed E-state index contributed by atoms with van der Waals surface area (Å²) in [5.74, 6) is -0.296. The van der Waals surface area contributed by atoms with Gasteiger partial charge in [-0.15, -0.1) is 0 Å².